The molecule has 0 saturated heterocycles. The van der Waals surface area contributed by atoms with Gasteiger partial charge in [-0.05, 0) is 42.5 Å². The summed E-state index contributed by atoms with van der Waals surface area (Å²) in [5.41, 5.74) is 2.83. The molecule has 114 valence electrons. The summed E-state index contributed by atoms with van der Waals surface area (Å²) in [7, 11) is 0. The summed E-state index contributed by atoms with van der Waals surface area (Å²) >= 11 is 0. The monoisotopic (exact) mass is 287 g/mol. The predicted molar refractivity (Wildman–Crippen MR) is 86.8 cm³/mol. The minimum Gasteiger partial charge on any atom is -0.491 e. The number of nitrogens with zero attached hydrogens (tertiary/aromatic N) is 1. The largest absolute Gasteiger partial charge is 0.491 e. The molecular weight excluding hydrogens is 262 g/mol. The Balaban J connectivity index is 1.81. The predicted octanol–water partition coefficient (Wildman–Crippen LogP) is 2.59. The summed E-state index contributed by atoms with van der Waals surface area (Å²) < 4.78 is 5.72. The lowest BCUT2D eigenvalue weighted by Crippen LogP contribution is -2.35. The highest BCUT2D eigenvalue weighted by Crippen LogP contribution is 2.26. The Morgan fingerprint density at radius 1 is 1.19 bits per heavy atom. The Morgan fingerprint density at radius 2 is 1.90 bits per heavy atom. The maximum atomic E-state index is 10.1. The molecule has 3 nitrogen and oxygen atoms in total. The van der Waals surface area contributed by atoms with E-state index in [0.29, 0.717) is 13.2 Å². The van der Waals surface area contributed by atoms with Crippen LogP contribution < -0.4 is 4.74 Å². The number of hydrogen-bond acceptors (Lipinski definition) is 3. The summed E-state index contributed by atoms with van der Waals surface area (Å²) in [4.78, 5) is 2.08. The fourth-order valence-corrected chi connectivity index (χ4v) is 2.77. The van der Waals surface area contributed by atoms with Gasteiger partial charge in [0, 0.05) is 19.6 Å². The molecule has 1 atom stereocenters. The molecule has 1 aromatic carbocycles. The summed E-state index contributed by atoms with van der Waals surface area (Å²) in [6.45, 7) is 9.80. The maximum absolute atomic E-state index is 10.1. The van der Waals surface area contributed by atoms with E-state index in [1.165, 1.54) is 24.0 Å². The highest BCUT2D eigenvalue weighted by atomic mass is 16.5. The van der Waals surface area contributed by atoms with Crippen molar-refractivity contribution in [2.24, 2.45) is 0 Å². The molecule has 0 bridgehead atoms. The SMILES string of the molecule is C=CCN(CC=C)C[C@@H](O)COc1ccc2c(c1)CCC2. The van der Waals surface area contributed by atoms with Gasteiger partial charge >= 0.3 is 0 Å². The van der Waals surface area contributed by atoms with Crippen LogP contribution in [0.1, 0.15) is 17.5 Å². The molecule has 1 aromatic rings. The van der Waals surface area contributed by atoms with Crippen molar-refractivity contribution in [1.29, 1.82) is 0 Å². The van der Waals surface area contributed by atoms with Crippen LogP contribution in [0.3, 0.4) is 0 Å². The zero-order chi connectivity index (χ0) is 15.1. The van der Waals surface area contributed by atoms with Crippen LogP contribution in [-0.2, 0) is 12.8 Å². The average molecular weight is 287 g/mol. The average Bonchev–Trinajstić information content (AvgIpc) is 2.93. The summed E-state index contributed by atoms with van der Waals surface area (Å²) in [5, 5.41) is 10.1. The van der Waals surface area contributed by atoms with Crippen LogP contribution in [-0.4, -0.2) is 42.4 Å². The number of aryl methyl sites for hydroxylation is 2. The molecule has 0 radical (unpaired) electrons. The Bertz CT molecular complexity index is 474. The first-order valence-electron chi connectivity index (χ1n) is 7.59. The van der Waals surface area contributed by atoms with Crippen LogP contribution in [0.2, 0.25) is 0 Å². The molecule has 0 unspecified atom stereocenters. The zero-order valence-electron chi connectivity index (χ0n) is 12.6. The second kappa shape index (κ2) is 8.01. The number of benzene rings is 1. The van der Waals surface area contributed by atoms with Crippen molar-refractivity contribution in [2.45, 2.75) is 25.4 Å². The lowest BCUT2D eigenvalue weighted by molar-refractivity contribution is 0.0754. The number of rotatable bonds is 9. The summed E-state index contributed by atoms with van der Waals surface area (Å²) in [6, 6.07) is 6.26. The van der Waals surface area contributed by atoms with E-state index < -0.39 is 6.10 Å². The molecule has 0 aliphatic heterocycles. The Labute approximate surface area is 127 Å². The van der Waals surface area contributed by atoms with Crippen LogP contribution in [0.25, 0.3) is 0 Å². The third-order valence-electron chi connectivity index (χ3n) is 3.76. The van der Waals surface area contributed by atoms with E-state index in [2.05, 4.69) is 30.2 Å². The smallest absolute Gasteiger partial charge is 0.119 e. The zero-order valence-corrected chi connectivity index (χ0v) is 12.6. The van der Waals surface area contributed by atoms with E-state index in [-0.39, 0.29) is 0 Å². The molecular formula is C18H25NO2. The fourth-order valence-electron chi connectivity index (χ4n) is 2.77. The molecule has 0 aromatic heterocycles. The van der Waals surface area contributed by atoms with Crippen molar-refractivity contribution in [3.8, 4) is 5.75 Å². The van der Waals surface area contributed by atoms with Crippen LogP contribution in [0, 0.1) is 0 Å². The van der Waals surface area contributed by atoms with Crippen LogP contribution in [0.5, 0.6) is 5.75 Å². The van der Waals surface area contributed by atoms with Crippen molar-refractivity contribution in [3.63, 3.8) is 0 Å². The first-order chi connectivity index (χ1) is 10.2. The van der Waals surface area contributed by atoms with E-state index in [4.69, 9.17) is 4.74 Å². The highest BCUT2D eigenvalue weighted by molar-refractivity contribution is 5.38. The molecule has 0 heterocycles. The van der Waals surface area contributed by atoms with E-state index in [1.807, 2.05) is 18.2 Å². The number of ether oxygens (including phenoxy) is 1. The molecule has 1 N–H and O–H groups in total. The molecule has 1 aliphatic rings. The van der Waals surface area contributed by atoms with Gasteiger partial charge in [-0.2, -0.15) is 0 Å². The van der Waals surface area contributed by atoms with Crippen molar-refractivity contribution in [2.75, 3.05) is 26.2 Å². The molecule has 0 spiro atoms. The van der Waals surface area contributed by atoms with E-state index in [1.54, 1.807) is 0 Å². The first kappa shape index (κ1) is 15.8. The van der Waals surface area contributed by atoms with E-state index in [9.17, 15) is 5.11 Å². The molecule has 2 rings (SSSR count). The molecule has 21 heavy (non-hydrogen) atoms. The molecule has 0 amide bonds. The van der Waals surface area contributed by atoms with Gasteiger partial charge in [0.25, 0.3) is 0 Å². The van der Waals surface area contributed by atoms with Crippen molar-refractivity contribution in [1.82, 2.24) is 4.90 Å². The summed E-state index contributed by atoms with van der Waals surface area (Å²) in [6.07, 6.45) is 6.70. The van der Waals surface area contributed by atoms with Crippen LogP contribution >= 0.6 is 0 Å². The van der Waals surface area contributed by atoms with Crippen LogP contribution in [0.4, 0.5) is 0 Å². The van der Waals surface area contributed by atoms with E-state index in [0.717, 1.165) is 25.3 Å². The second-order valence-corrected chi connectivity index (χ2v) is 5.54. The number of aliphatic hydroxyl groups is 1. The van der Waals surface area contributed by atoms with Gasteiger partial charge in [0.15, 0.2) is 0 Å². The van der Waals surface area contributed by atoms with E-state index >= 15 is 0 Å². The molecule has 3 heteroatoms. The Morgan fingerprint density at radius 3 is 2.62 bits per heavy atom. The van der Waals surface area contributed by atoms with Crippen LogP contribution in [0.15, 0.2) is 43.5 Å². The number of aliphatic hydroxyl groups excluding tert-OH is 1. The topological polar surface area (TPSA) is 32.7 Å². The number of fused-ring (bicyclic) bond motifs is 1. The van der Waals surface area contributed by atoms with Crippen molar-refractivity contribution < 1.29 is 9.84 Å². The van der Waals surface area contributed by atoms with Gasteiger partial charge in [-0.3, -0.25) is 4.90 Å². The lowest BCUT2D eigenvalue weighted by atomic mass is 10.1. The van der Waals surface area contributed by atoms with Gasteiger partial charge in [-0.1, -0.05) is 18.2 Å². The third-order valence-corrected chi connectivity index (χ3v) is 3.76. The van der Waals surface area contributed by atoms with Gasteiger partial charge < -0.3 is 9.84 Å². The molecule has 0 saturated carbocycles. The quantitative estimate of drug-likeness (QED) is 0.709. The lowest BCUT2D eigenvalue weighted by Gasteiger charge is -2.22. The maximum Gasteiger partial charge on any atom is 0.119 e. The minimum absolute atomic E-state index is 0.309. The van der Waals surface area contributed by atoms with Crippen molar-refractivity contribution in [3.05, 3.63) is 54.6 Å². The van der Waals surface area contributed by atoms with Gasteiger partial charge in [0.1, 0.15) is 18.5 Å². The summed E-state index contributed by atoms with van der Waals surface area (Å²) in [5.74, 6) is 0.855. The van der Waals surface area contributed by atoms with Crippen molar-refractivity contribution >= 4 is 0 Å². The Kier molecular flexibility index (Phi) is 6.03. The fraction of sp³-hybridized carbons (Fsp3) is 0.444. The second-order valence-electron chi connectivity index (χ2n) is 5.54. The highest BCUT2D eigenvalue weighted by Gasteiger charge is 2.13. The standard InChI is InChI=1S/C18H25NO2/c1-3-10-19(11-4-2)13-17(20)14-21-18-9-8-15-6-5-7-16(15)12-18/h3-4,8-9,12,17,20H,1-2,5-7,10-11,13-14H2/t17-/m1/s1. The first-order valence-corrected chi connectivity index (χ1v) is 7.59. The third kappa shape index (κ3) is 4.73. The van der Waals surface area contributed by atoms with Gasteiger partial charge in [0.2, 0.25) is 0 Å². The van der Waals surface area contributed by atoms with Gasteiger partial charge in [-0.15, -0.1) is 13.2 Å². The molecule has 1 aliphatic carbocycles. The Hall–Kier alpha value is -1.58. The van der Waals surface area contributed by atoms with Gasteiger partial charge in [0.05, 0.1) is 0 Å². The normalized spacial score (nSPS) is 14.8. The minimum atomic E-state index is -0.516. The number of hydrogen-bond donors (Lipinski definition) is 1. The van der Waals surface area contributed by atoms with Gasteiger partial charge in [-0.25, -0.2) is 0 Å². The molecule has 0 fully saturated rings.